The van der Waals surface area contributed by atoms with Gasteiger partial charge in [-0.05, 0) is 42.7 Å². The number of nitrogens with one attached hydrogen (secondary N) is 1. The lowest BCUT2D eigenvalue weighted by Crippen LogP contribution is -2.26. The van der Waals surface area contributed by atoms with Gasteiger partial charge in [0.15, 0.2) is 5.16 Å². The summed E-state index contributed by atoms with van der Waals surface area (Å²) in [7, 11) is 3.99. The first-order chi connectivity index (χ1) is 14.0. The maximum atomic E-state index is 12.9. The molecule has 4 rings (SSSR count). The predicted octanol–water partition coefficient (Wildman–Crippen LogP) is 3.21. The topological polar surface area (TPSA) is 67.2 Å². The van der Waals surface area contributed by atoms with Gasteiger partial charge in [0.25, 0.3) is 5.56 Å². The highest BCUT2D eigenvalue weighted by Crippen LogP contribution is 2.36. The Morgan fingerprint density at radius 3 is 2.59 bits per heavy atom. The smallest absolute Gasteiger partial charge is 0.262 e. The number of benzene rings is 2. The molecular weight excluding hydrogens is 384 g/mol. The van der Waals surface area contributed by atoms with Crippen molar-refractivity contribution >= 4 is 34.3 Å². The number of aromatic nitrogens is 2. The zero-order chi connectivity index (χ0) is 20.4. The van der Waals surface area contributed by atoms with Crippen LogP contribution in [0.2, 0.25) is 0 Å². The molecule has 0 spiro atoms. The summed E-state index contributed by atoms with van der Waals surface area (Å²) in [5.41, 5.74) is 2.84. The van der Waals surface area contributed by atoms with Crippen LogP contribution in [0.15, 0.2) is 58.5 Å². The van der Waals surface area contributed by atoms with Crippen LogP contribution in [-0.2, 0) is 11.3 Å². The summed E-state index contributed by atoms with van der Waals surface area (Å²) in [4.78, 5) is 31.9. The summed E-state index contributed by atoms with van der Waals surface area (Å²) in [5.74, 6) is 0.157. The highest BCUT2D eigenvalue weighted by Gasteiger charge is 2.28. The molecule has 150 valence electrons. The van der Waals surface area contributed by atoms with Gasteiger partial charge < -0.3 is 10.2 Å². The molecule has 3 aromatic rings. The van der Waals surface area contributed by atoms with Crippen molar-refractivity contribution in [1.29, 1.82) is 0 Å². The summed E-state index contributed by atoms with van der Waals surface area (Å²) in [6, 6.07) is 15.7. The minimum Gasteiger partial charge on any atom is -0.378 e. The van der Waals surface area contributed by atoms with Gasteiger partial charge in [-0.3, -0.25) is 14.2 Å². The van der Waals surface area contributed by atoms with Gasteiger partial charge in [0.1, 0.15) is 0 Å². The second-order valence-electron chi connectivity index (χ2n) is 7.44. The fraction of sp³-hybridized carbons (Fsp3) is 0.318. The maximum absolute atomic E-state index is 12.9. The molecule has 6 nitrogen and oxygen atoms in total. The van der Waals surface area contributed by atoms with Gasteiger partial charge in [-0.1, -0.05) is 36.0 Å². The van der Waals surface area contributed by atoms with Crippen LogP contribution >= 0.6 is 11.8 Å². The molecule has 1 aromatic heterocycles. The molecule has 0 atom stereocenters. The van der Waals surface area contributed by atoms with Gasteiger partial charge in [0.2, 0.25) is 5.91 Å². The Kier molecular flexibility index (Phi) is 5.58. The molecule has 0 saturated heterocycles. The minimum atomic E-state index is -0.0727. The molecule has 1 N–H and O–H groups in total. The van der Waals surface area contributed by atoms with Gasteiger partial charge in [0.05, 0.1) is 16.7 Å². The molecule has 0 aliphatic heterocycles. The summed E-state index contributed by atoms with van der Waals surface area (Å²) in [6.07, 6.45) is 1.98. The van der Waals surface area contributed by atoms with Crippen molar-refractivity contribution in [3.05, 3.63) is 64.4 Å². The fourth-order valence-electron chi connectivity index (χ4n) is 3.18. The molecule has 1 aliphatic rings. The lowest BCUT2D eigenvalue weighted by molar-refractivity contribution is -0.118. The number of thioether (sulfide) groups is 1. The number of nitrogens with zero attached hydrogens (tertiary/aromatic N) is 3. The molecule has 1 amide bonds. The third-order valence-corrected chi connectivity index (χ3v) is 5.91. The monoisotopic (exact) mass is 408 g/mol. The first-order valence-electron chi connectivity index (χ1n) is 9.70. The van der Waals surface area contributed by atoms with Crippen LogP contribution in [0.4, 0.5) is 5.69 Å². The molecular formula is C22H24N4O2S. The van der Waals surface area contributed by atoms with Crippen molar-refractivity contribution in [2.24, 2.45) is 0 Å². The number of carbonyl (C=O) groups excluding carboxylic acids is 1. The second kappa shape index (κ2) is 8.29. The Labute approximate surface area is 173 Å². The van der Waals surface area contributed by atoms with E-state index in [-0.39, 0.29) is 23.3 Å². The van der Waals surface area contributed by atoms with Gasteiger partial charge in [-0.15, -0.1) is 0 Å². The first kappa shape index (κ1) is 19.5. The average molecular weight is 409 g/mol. The quantitative estimate of drug-likeness (QED) is 0.480. The van der Waals surface area contributed by atoms with Crippen LogP contribution in [0, 0.1) is 0 Å². The Balaban J connectivity index is 1.42. The van der Waals surface area contributed by atoms with E-state index in [1.165, 1.54) is 11.8 Å². The van der Waals surface area contributed by atoms with Crippen LogP contribution in [-0.4, -0.2) is 35.3 Å². The third kappa shape index (κ3) is 4.45. The molecule has 1 heterocycles. The number of para-hydroxylation sites is 1. The molecule has 1 aliphatic carbocycles. The van der Waals surface area contributed by atoms with Gasteiger partial charge in [0, 0.05) is 32.4 Å². The van der Waals surface area contributed by atoms with Gasteiger partial charge in [-0.2, -0.15) is 0 Å². The highest BCUT2D eigenvalue weighted by molar-refractivity contribution is 7.99. The molecule has 0 radical (unpaired) electrons. The van der Waals surface area contributed by atoms with E-state index in [0.29, 0.717) is 22.6 Å². The lowest BCUT2D eigenvalue weighted by Gasteiger charge is -2.13. The number of anilines is 1. The maximum Gasteiger partial charge on any atom is 0.262 e. The Morgan fingerprint density at radius 2 is 1.90 bits per heavy atom. The van der Waals surface area contributed by atoms with Crippen molar-refractivity contribution in [3.8, 4) is 0 Å². The summed E-state index contributed by atoms with van der Waals surface area (Å²) in [5, 5.41) is 4.21. The van der Waals surface area contributed by atoms with E-state index in [1.807, 2.05) is 67.5 Å². The van der Waals surface area contributed by atoms with Crippen LogP contribution in [0.5, 0.6) is 0 Å². The SMILES string of the molecule is CN(C)c1ccc(CNC(=O)CSc2nc3ccccc3c(=O)n2C2CC2)cc1. The van der Waals surface area contributed by atoms with E-state index in [4.69, 9.17) is 0 Å². The Hall–Kier alpha value is -2.80. The van der Waals surface area contributed by atoms with Gasteiger partial charge >= 0.3 is 0 Å². The number of fused-ring (bicyclic) bond motifs is 1. The standard InChI is InChI=1S/C22H24N4O2S/c1-25(2)16-9-7-15(8-10-16)13-23-20(27)14-29-22-24-19-6-4-3-5-18(19)21(28)26(22)17-11-12-17/h3-10,17H,11-14H2,1-2H3,(H,23,27). The van der Waals surface area contributed by atoms with Gasteiger partial charge in [-0.25, -0.2) is 4.98 Å². The molecule has 7 heteroatoms. The number of hydrogen-bond acceptors (Lipinski definition) is 5. The molecule has 2 aromatic carbocycles. The Bertz CT molecular complexity index is 1090. The van der Waals surface area contributed by atoms with Crippen LogP contribution < -0.4 is 15.8 Å². The molecule has 29 heavy (non-hydrogen) atoms. The zero-order valence-corrected chi connectivity index (χ0v) is 17.4. The first-order valence-corrected chi connectivity index (χ1v) is 10.7. The van der Waals surface area contributed by atoms with Crippen molar-refractivity contribution < 1.29 is 4.79 Å². The zero-order valence-electron chi connectivity index (χ0n) is 16.6. The number of amides is 1. The fourth-order valence-corrected chi connectivity index (χ4v) is 4.07. The van der Waals surface area contributed by atoms with Crippen molar-refractivity contribution in [2.45, 2.75) is 30.6 Å². The second-order valence-corrected chi connectivity index (χ2v) is 8.39. The lowest BCUT2D eigenvalue weighted by atomic mass is 10.2. The number of hydrogen-bond donors (Lipinski definition) is 1. The van der Waals surface area contributed by atoms with E-state index < -0.39 is 0 Å². The van der Waals surface area contributed by atoms with Crippen LogP contribution in [0.1, 0.15) is 24.4 Å². The van der Waals surface area contributed by atoms with Crippen molar-refractivity contribution in [1.82, 2.24) is 14.9 Å². The van der Waals surface area contributed by atoms with Crippen LogP contribution in [0.25, 0.3) is 10.9 Å². The van der Waals surface area contributed by atoms with Crippen molar-refractivity contribution in [2.75, 3.05) is 24.7 Å². The number of rotatable bonds is 7. The van der Waals surface area contributed by atoms with E-state index in [9.17, 15) is 9.59 Å². The van der Waals surface area contributed by atoms with E-state index >= 15 is 0 Å². The summed E-state index contributed by atoms with van der Waals surface area (Å²) < 4.78 is 1.76. The largest absolute Gasteiger partial charge is 0.378 e. The van der Waals surface area contributed by atoms with E-state index in [2.05, 4.69) is 10.3 Å². The summed E-state index contributed by atoms with van der Waals surface area (Å²) >= 11 is 1.33. The van der Waals surface area contributed by atoms with E-state index in [0.717, 1.165) is 24.1 Å². The average Bonchev–Trinajstić information content (AvgIpc) is 3.56. The highest BCUT2D eigenvalue weighted by atomic mass is 32.2. The molecule has 0 bridgehead atoms. The Morgan fingerprint density at radius 1 is 1.17 bits per heavy atom. The van der Waals surface area contributed by atoms with Crippen molar-refractivity contribution in [3.63, 3.8) is 0 Å². The number of carbonyl (C=O) groups is 1. The van der Waals surface area contributed by atoms with Crippen LogP contribution in [0.3, 0.4) is 0 Å². The minimum absolute atomic E-state index is 0.0120. The van der Waals surface area contributed by atoms with E-state index in [1.54, 1.807) is 4.57 Å². The molecule has 1 fully saturated rings. The normalized spacial score (nSPS) is 13.4. The molecule has 1 saturated carbocycles. The third-order valence-electron chi connectivity index (χ3n) is 4.96. The summed E-state index contributed by atoms with van der Waals surface area (Å²) in [6.45, 7) is 0.480. The molecule has 0 unspecified atom stereocenters. The predicted molar refractivity (Wildman–Crippen MR) is 118 cm³/mol.